The lowest BCUT2D eigenvalue weighted by Crippen LogP contribution is -2.40. The van der Waals surface area contributed by atoms with Crippen molar-refractivity contribution in [1.82, 2.24) is 9.88 Å². The number of amides is 1. The fraction of sp³-hybridized carbons (Fsp3) is 0.273. The molecular formula is C22H21ClFN3O2. The molecule has 4 rings (SSSR count). The van der Waals surface area contributed by atoms with Gasteiger partial charge in [-0.05, 0) is 55.3 Å². The molecule has 1 saturated heterocycles. The number of pyridine rings is 1. The molecule has 1 fully saturated rings. The minimum Gasteiger partial charge on any atom is -0.481 e. The van der Waals surface area contributed by atoms with Crippen LogP contribution >= 0.6 is 11.6 Å². The zero-order valence-corrected chi connectivity index (χ0v) is 16.7. The van der Waals surface area contributed by atoms with Gasteiger partial charge < -0.3 is 15.4 Å². The van der Waals surface area contributed by atoms with Gasteiger partial charge in [0.1, 0.15) is 11.6 Å². The number of likely N-dealkylation sites (tertiary alicyclic amines) is 1. The number of carbonyl (C=O) groups excluding carboxylic acids is 1. The van der Waals surface area contributed by atoms with Crippen molar-refractivity contribution in [3.05, 3.63) is 59.5 Å². The third kappa shape index (κ3) is 4.04. The second kappa shape index (κ2) is 7.97. The number of carbonyl (C=O) groups is 1. The number of benzene rings is 2. The second-order valence-corrected chi connectivity index (χ2v) is 7.66. The van der Waals surface area contributed by atoms with Crippen LogP contribution in [0.4, 0.5) is 4.39 Å². The van der Waals surface area contributed by atoms with Crippen LogP contribution in [0.1, 0.15) is 13.3 Å². The second-order valence-electron chi connectivity index (χ2n) is 7.25. The first kappa shape index (κ1) is 19.6. The number of rotatable bonds is 4. The van der Waals surface area contributed by atoms with Crippen molar-refractivity contribution in [3.8, 4) is 16.9 Å². The standard InChI is InChI=1S/C22H21ClFN3O2/c1-13(22(28)27-9-7-15(25)12-27)29-16-3-5-19-17(6-8-26-21(19)11-16)18-4-2-14(24)10-20(18)23/h2-6,8,10-11,13,15H,7,9,12,25H2,1H3. The molecule has 1 aliphatic rings. The van der Waals surface area contributed by atoms with Crippen LogP contribution in [0.15, 0.2) is 48.7 Å². The van der Waals surface area contributed by atoms with Gasteiger partial charge in [0.05, 0.1) is 10.5 Å². The molecule has 3 aromatic rings. The Hall–Kier alpha value is -2.70. The molecule has 5 nitrogen and oxygen atoms in total. The SMILES string of the molecule is CC(Oc1ccc2c(-c3ccc(F)cc3Cl)ccnc2c1)C(=O)N1CCC(N)C1. The third-order valence-electron chi connectivity index (χ3n) is 5.13. The van der Waals surface area contributed by atoms with Crippen LogP contribution < -0.4 is 10.5 Å². The number of halogens is 2. The highest BCUT2D eigenvalue weighted by Gasteiger charge is 2.28. The summed E-state index contributed by atoms with van der Waals surface area (Å²) in [5.41, 5.74) is 8.16. The monoisotopic (exact) mass is 413 g/mol. The molecule has 7 heteroatoms. The summed E-state index contributed by atoms with van der Waals surface area (Å²) in [6, 6.07) is 11.6. The first-order valence-electron chi connectivity index (χ1n) is 9.47. The average molecular weight is 414 g/mol. The molecular weight excluding hydrogens is 393 g/mol. The molecule has 150 valence electrons. The van der Waals surface area contributed by atoms with Crippen LogP contribution in [-0.4, -0.2) is 41.0 Å². The highest BCUT2D eigenvalue weighted by atomic mass is 35.5. The van der Waals surface area contributed by atoms with Crippen LogP contribution in [0.3, 0.4) is 0 Å². The topological polar surface area (TPSA) is 68.5 Å². The Morgan fingerprint density at radius 2 is 2.10 bits per heavy atom. The van der Waals surface area contributed by atoms with Gasteiger partial charge in [-0.1, -0.05) is 11.6 Å². The Balaban J connectivity index is 1.59. The van der Waals surface area contributed by atoms with Gasteiger partial charge in [-0.3, -0.25) is 9.78 Å². The van der Waals surface area contributed by atoms with Gasteiger partial charge in [0.2, 0.25) is 0 Å². The first-order chi connectivity index (χ1) is 13.9. The van der Waals surface area contributed by atoms with Gasteiger partial charge in [-0.2, -0.15) is 0 Å². The van der Waals surface area contributed by atoms with E-state index in [1.165, 1.54) is 12.1 Å². The van der Waals surface area contributed by atoms with Crippen molar-refractivity contribution in [3.63, 3.8) is 0 Å². The predicted molar refractivity (Wildman–Crippen MR) is 111 cm³/mol. The Morgan fingerprint density at radius 1 is 1.28 bits per heavy atom. The van der Waals surface area contributed by atoms with Gasteiger partial charge in [0, 0.05) is 42.3 Å². The van der Waals surface area contributed by atoms with E-state index in [2.05, 4.69) is 4.98 Å². The molecule has 1 amide bonds. The summed E-state index contributed by atoms with van der Waals surface area (Å²) in [7, 11) is 0. The quantitative estimate of drug-likeness (QED) is 0.701. The van der Waals surface area contributed by atoms with Crippen molar-refractivity contribution < 1.29 is 13.9 Å². The molecule has 2 N–H and O–H groups in total. The zero-order chi connectivity index (χ0) is 20.5. The van der Waals surface area contributed by atoms with Gasteiger partial charge in [-0.25, -0.2) is 4.39 Å². The maximum atomic E-state index is 13.4. The smallest absolute Gasteiger partial charge is 0.263 e. The molecule has 0 saturated carbocycles. The van der Waals surface area contributed by atoms with E-state index in [-0.39, 0.29) is 17.8 Å². The lowest BCUT2D eigenvalue weighted by atomic mass is 10.0. The number of ether oxygens (including phenoxy) is 1. The molecule has 29 heavy (non-hydrogen) atoms. The molecule has 2 heterocycles. The fourth-order valence-electron chi connectivity index (χ4n) is 3.64. The zero-order valence-electron chi connectivity index (χ0n) is 15.9. The van der Waals surface area contributed by atoms with E-state index in [4.69, 9.17) is 22.1 Å². The van der Waals surface area contributed by atoms with E-state index >= 15 is 0 Å². The van der Waals surface area contributed by atoms with Crippen molar-refractivity contribution >= 4 is 28.4 Å². The maximum absolute atomic E-state index is 13.4. The molecule has 0 radical (unpaired) electrons. The summed E-state index contributed by atoms with van der Waals surface area (Å²) >= 11 is 6.24. The Labute approximate surface area is 173 Å². The van der Waals surface area contributed by atoms with E-state index in [1.54, 1.807) is 36.2 Å². The molecule has 2 aromatic carbocycles. The summed E-state index contributed by atoms with van der Waals surface area (Å²) in [4.78, 5) is 18.7. The summed E-state index contributed by atoms with van der Waals surface area (Å²) in [5.74, 6) is 0.0972. The highest BCUT2D eigenvalue weighted by molar-refractivity contribution is 6.33. The van der Waals surface area contributed by atoms with E-state index < -0.39 is 6.10 Å². The van der Waals surface area contributed by atoms with Crippen molar-refractivity contribution in [2.75, 3.05) is 13.1 Å². The third-order valence-corrected chi connectivity index (χ3v) is 5.45. The fourth-order valence-corrected chi connectivity index (χ4v) is 3.91. The maximum Gasteiger partial charge on any atom is 0.263 e. The minimum atomic E-state index is -0.618. The van der Waals surface area contributed by atoms with E-state index in [9.17, 15) is 9.18 Å². The van der Waals surface area contributed by atoms with Crippen molar-refractivity contribution in [1.29, 1.82) is 0 Å². The van der Waals surface area contributed by atoms with Crippen LogP contribution in [0.5, 0.6) is 5.75 Å². The number of hydrogen-bond acceptors (Lipinski definition) is 4. The van der Waals surface area contributed by atoms with Crippen LogP contribution in [0, 0.1) is 5.82 Å². The first-order valence-corrected chi connectivity index (χ1v) is 9.85. The van der Waals surface area contributed by atoms with Crippen LogP contribution in [-0.2, 0) is 4.79 Å². The largest absolute Gasteiger partial charge is 0.481 e. The number of fused-ring (bicyclic) bond motifs is 1. The van der Waals surface area contributed by atoms with E-state index in [0.29, 0.717) is 29.4 Å². The normalized spacial score (nSPS) is 17.5. The minimum absolute atomic E-state index is 0.0349. The average Bonchev–Trinajstić information content (AvgIpc) is 3.13. The van der Waals surface area contributed by atoms with Crippen LogP contribution in [0.25, 0.3) is 22.0 Å². The molecule has 0 bridgehead atoms. The predicted octanol–water partition coefficient (Wildman–Crippen LogP) is 4.02. The molecule has 0 spiro atoms. The lowest BCUT2D eigenvalue weighted by molar-refractivity contribution is -0.136. The molecule has 1 aromatic heterocycles. The lowest BCUT2D eigenvalue weighted by Gasteiger charge is -2.21. The van der Waals surface area contributed by atoms with E-state index in [1.807, 2.05) is 12.1 Å². The van der Waals surface area contributed by atoms with Crippen LogP contribution in [0.2, 0.25) is 5.02 Å². The summed E-state index contributed by atoms with van der Waals surface area (Å²) in [5, 5.41) is 1.19. The van der Waals surface area contributed by atoms with Crippen molar-refractivity contribution in [2.45, 2.75) is 25.5 Å². The summed E-state index contributed by atoms with van der Waals surface area (Å²) in [6.07, 6.45) is 1.86. The Bertz CT molecular complexity index is 1080. The molecule has 0 aliphatic carbocycles. The molecule has 1 aliphatic heterocycles. The summed E-state index contributed by atoms with van der Waals surface area (Å²) in [6.45, 7) is 2.96. The highest BCUT2D eigenvalue weighted by Crippen LogP contribution is 2.34. The number of nitrogens with two attached hydrogens (primary N) is 1. The van der Waals surface area contributed by atoms with Crippen molar-refractivity contribution in [2.24, 2.45) is 5.73 Å². The van der Waals surface area contributed by atoms with Gasteiger partial charge in [0.15, 0.2) is 6.10 Å². The Kier molecular flexibility index (Phi) is 5.39. The number of aromatic nitrogens is 1. The van der Waals surface area contributed by atoms with Gasteiger partial charge in [0.25, 0.3) is 5.91 Å². The number of hydrogen-bond donors (Lipinski definition) is 1. The van der Waals surface area contributed by atoms with E-state index in [0.717, 1.165) is 22.9 Å². The number of nitrogens with zero attached hydrogens (tertiary/aromatic N) is 2. The van der Waals surface area contributed by atoms with Gasteiger partial charge in [-0.15, -0.1) is 0 Å². The Morgan fingerprint density at radius 3 is 2.83 bits per heavy atom. The van der Waals surface area contributed by atoms with Gasteiger partial charge >= 0.3 is 0 Å². The summed E-state index contributed by atoms with van der Waals surface area (Å²) < 4.78 is 19.3. The molecule has 2 atom stereocenters. The molecule has 2 unspecified atom stereocenters.